The first-order valence-electron chi connectivity index (χ1n) is 5.91. The number of halogens is 1. The van der Waals surface area contributed by atoms with Gasteiger partial charge in [0.1, 0.15) is 0 Å². The topological polar surface area (TPSA) is 50.2 Å². The molecule has 0 unspecified atom stereocenters. The van der Waals surface area contributed by atoms with Crippen molar-refractivity contribution >= 4 is 18.3 Å². The van der Waals surface area contributed by atoms with E-state index in [1.54, 1.807) is 16.6 Å². The maximum absolute atomic E-state index is 12.1. The molecular formula is C12H23ClN4O. The van der Waals surface area contributed by atoms with E-state index in [4.69, 9.17) is 0 Å². The monoisotopic (exact) mass is 274 g/mol. The van der Waals surface area contributed by atoms with E-state index in [-0.39, 0.29) is 18.3 Å². The third-order valence-corrected chi connectivity index (χ3v) is 2.77. The Morgan fingerprint density at radius 1 is 1.56 bits per heavy atom. The smallest absolute Gasteiger partial charge is 0.274 e. The molecule has 1 rings (SSSR count). The molecule has 0 radical (unpaired) electrons. The summed E-state index contributed by atoms with van der Waals surface area (Å²) in [6.45, 7) is 5.65. The van der Waals surface area contributed by atoms with Gasteiger partial charge in [-0.25, -0.2) is 0 Å². The minimum Gasteiger partial charge on any atom is -0.339 e. The molecule has 1 aromatic heterocycles. The minimum absolute atomic E-state index is 0. The van der Waals surface area contributed by atoms with Crippen molar-refractivity contribution in [1.82, 2.24) is 20.0 Å². The highest BCUT2D eigenvalue weighted by Gasteiger charge is 2.17. The number of nitrogens with one attached hydrogen (secondary N) is 1. The molecule has 1 amide bonds. The van der Waals surface area contributed by atoms with Crippen LogP contribution < -0.4 is 5.32 Å². The van der Waals surface area contributed by atoms with E-state index in [0.717, 1.165) is 12.2 Å². The van der Waals surface area contributed by atoms with Gasteiger partial charge in [-0.2, -0.15) is 5.10 Å². The lowest BCUT2D eigenvalue weighted by Gasteiger charge is -2.14. The molecule has 1 N–H and O–H groups in total. The summed E-state index contributed by atoms with van der Waals surface area (Å²) in [6.07, 6.45) is 0. The van der Waals surface area contributed by atoms with Gasteiger partial charge in [-0.15, -0.1) is 12.4 Å². The van der Waals surface area contributed by atoms with Crippen LogP contribution in [0.4, 0.5) is 0 Å². The van der Waals surface area contributed by atoms with Crippen LogP contribution in [0.1, 0.15) is 35.9 Å². The van der Waals surface area contributed by atoms with Crippen LogP contribution in [0.2, 0.25) is 0 Å². The first kappa shape index (κ1) is 16.9. The standard InChI is InChI=1S/C12H22N4O.ClH/c1-9(2)11-8-10(14-16(11)5)12(17)15(4)7-6-13-3;/h8-9,13H,6-7H2,1-5H3;1H. The summed E-state index contributed by atoms with van der Waals surface area (Å²) in [5.74, 6) is 0.347. The molecule has 0 fully saturated rings. The fourth-order valence-corrected chi connectivity index (χ4v) is 1.70. The molecule has 0 saturated carbocycles. The van der Waals surface area contributed by atoms with Gasteiger partial charge in [0.15, 0.2) is 5.69 Å². The Morgan fingerprint density at radius 3 is 2.61 bits per heavy atom. The molecule has 1 heterocycles. The van der Waals surface area contributed by atoms with E-state index < -0.39 is 0 Å². The van der Waals surface area contributed by atoms with Gasteiger partial charge < -0.3 is 10.2 Å². The molecule has 0 bridgehead atoms. The van der Waals surface area contributed by atoms with Gasteiger partial charge in [-0.3, -0.25) is 9.48 Å². The van der Waals surface area contributed by atoms with Crippen LogP contribution in [0.15, 0.2) is 6.07 Å². The molecule has 0 aliphatic rings. The number of likely N-dealkylation sites (N-methyl/N-ethyl adjacent to an activating group) is 2. The van der Waals surface area contributed by atoms with Crippen molar-refractivity contribution in [3.05, 3.63) is 17.5 Å². The molecule has 0 atom stereocenters. The summed E-state index contributed by atoms with van der Waals surface area (Å²) < 4.78 is 1.78. The lowest BCUT2D eigenvalue weighted by Crippen LogP contribution is -2.33. The molecule has 0 aliphatic carbocycles. The van der Waals surface area contributed by atoms with Gasteiger partial charge in [0.25, 0.3) is 5.91 Å². The maximum Gasteiger partial charge on any atom is 0.274 e. The maximum atomic E-state index is 12.1. The molecular weight excluding hydrogens is 252 g/mol. The van der Waals surface area contributed by atoms with Crippen molar-refractivity contribution in [3.63, 3.8) is 0 Å². The fourth-order valence-electron chi connectivity index (χ4n) is 1.70. The first-order valence-corrected chi connectivity index (χ1v) is 5.91. The van der Waals surface area contributed by atoms with Crippen molar-refractivity contribution in [2.75, 3.05) is 27.2 Å². The van der Waals surface area contributed by atoms with Crippen LogP contribution in [0, 0.1) is 0 Å². The Kier molecular flexibility index (Phi) is 6.94. The number of amides is 1. The zero-order valence-corrected chi connectivity index (χ0v) is 12.5. The lowest BCUT2D eigenvalue weighted by molar-refractivity contribution is 0.0790. The Bertz CT molecular complexity index is 389. The Hall–Kier alpha value is -1.07. The summed E-state index contributed by atoms with van der Waals surface area (Å²) in [6, 6.07) is 1.88. The zero-order valence-electron chi connectivity index (χ0n) is 11.7. The van der Waals surface area contributed by atoms with Gasteiger partial charge in [0, 0.05) is 32.9 Å². The second-order valence-electron chi connectivity index (χ2n) is 4.56. The molecule has 1 aromatic rings. The number of aromatic nitrogens is 2. The SMILES string of the molecule is CNCCN(C)C(=O)c1cc(C(C)C)n(C)n1.Cl. The summed E-state index contributed by atoms with van der Waals surface area (Å²) in [4.78, 5) is 13.7. The van der Waals surface area contributed by atoms with Crippen molar-refractivity contribution in [3.8, 4) is 0 Å². The Morgan fingerprint density at radius 2 is 2.17 bits per heavy atom. The van der Waals surface area contributed by atoms with Gasteiger partial charge in [-0.05, 0) is 19.0 Å². The van der Waals surface area contributed by atoms with Crippen LogP contribution in [-0.4, -0.2) is 47.8 Å². The van der Waals surface area contributed by atoms with Crippen LogP contribution in [-0.2, 0) is 7.05 Å². The highest BCUT2D eigenvalue weighted by atomic mass is 35.5. The Labute approximate surface area is 115 Å². The lowest BCUT2D eigenvalue weighted by atomic mass is 10.1. The predicted molar refractivity (Wildman–Crippen MR) is 75.4 cm³/mol. The number of nitrogens with zero attached hydrogens (tertiary/aromatic N) is 3. The number of aryl methyl sites for hydroxylation is 1. The molecule has 5 nitrogen and oxygen atoms in total. The molecule has 0 saturated heterocycles. The Balaban J connectivity index is 0.00000289. The molecule has 18 heavy (non-hydrogen) atoms. The zero-order chi connectivity index (χ0) is 13.0. The molecule has 0 spiro atoms. The van der Waals surface area contributed by atoms with E-state index in [0.29, 0.717) is 18.2 Å². The number of rotatable bonds is 5. The van der Waals surface area contributed by atoms with E-state index in [1.807, 2.05) is 20.2 Å². The second kappa shape index (κ2) is 7.38. The van der Waals surface area contributed by atoms with E-state index in [9.17, 15) is 4.79 Å². The molecule has 104 valence electrons. The van der Waals surface area contributed by atoms with Gasteiger partial charge in [-0.1, -0.05) is 13.8 Å². The largest absolute Gasteiger partial charge is 0.339 e. The molecule has 0 aromatic carbocycles. The van der Waals surface area contributed by atoms with Gasteiger partial charge >= 0.3 is 0 Å². The van der Waals surface area contributed by atoms with Crippen molar-refractivity contribution in [2.45, 2.75) is 19.8 Å². The van der Waals surface area contributed by atoms with Crippen LogP contribution in [0.3, 0.4) is 0 Å². The van der Waals surface area contributed by atoms with E-state index in [2.05, 4.69) is 24.3 Å². The predicted octanol–water partition coefficient (Wildman–Crippen LogP) is 1.26. The summed E-state index contributed by atoms with van der Waals surface area (Å²) in [7, 11) is 5.54. The summed E-state index contributed by atoms with van der Waals surface area (Å²) in [5.41, 5.74) is 1.60. The van der Waals surface area contributed by atoms with E-state index >= 15 is 0 Å². The second-order valence-corrected chi connectivity index (χ2v) is 4.56. The van der Waals surface area contributed by atoms with Crippen LogP contribution in [0.5, 0.6) is 0 Å². The van der Waals surface area contributed by atoms with Crippen molar-refractivity contribution in [2.24, 2.45) is 7.05 Å². The number of carbonyl (C=O) groups excluding carboxylic acids is 1. The summed E-state index contributed by atoms with van der Waals surface area (Å²) >= 11 is 0. The number of hydrogen-bond donors (Lipinski definition) is 1. The highest BCUT2D eigenvalue weighted by Crippen LogP contribution is 2.15. The van der Waals surface area contributed by atoms with Crippen LogP contribution >= 0.6 is 12.4 Å². The number of carbonyl (C=O) groups is 1. The normalized spacial score (nSPS) is 10.3. The third kappa shape index (κ3) is 3.99. The quantitative estimate of drug-likeness (QED) is 0.879. The molecule has 6 heteroatoms. The fraction of sp³-hybridized carbons (Fsp3) is 0.667. The average molecular weight is 275 g/mol. The van der Waals surface area contributed by atoms with Gasteiger partial charge in [0.05, 0.1) is 0 Å². The molecule has 0 aliphatic heterocycles. The third-order valence-electron chi connectivity index (χ3n) is 2.77. The van der Waals surface area contributed by atoms with Gasteiger partial charge in [0.2, 0.25) is 0 Å². The van der Waals surface area contributed by atoms with E-state index in [1.165, 1.54) is 0 Å². The summed E-state index contributed by atoms with van der Waals surface area (Å²) in [5, 5.41) is 7.29. The number of hydrogen-bond acceptors (Lipinski definition) is 3. The first-order chi connectivity index (χ1) is 7.97. The highest BCUT2D eigenvalue weighted by molar-refractivity contribution is 5.92. The van der Waals surface area contributed by atoms with Crippen LogP contribution in [0.25, 0.3) is 0 Å². The van der Waals surface area contributed by atoms with Crippen molar-refractivity contribution in [1.29, 1.82) is 0 Å². The minimum atomic E-state index is -0.0252. The van der Waals surface area contributed by atoms with Crippen molar-refractivity contribution < 1.29 is 4.79 Å². The average Bonchev–Trinajstić information content (AvgIpc) is 2.67.